The van der Waals surface area contributed by atoms with E-state index in [1.807, 2.05) is 18.7 Å². The Kier molecular flexibility index (Phi) is 6.91. The number of nitrogens with zero attached hydrogens (tertiary/aromatic N) is 4. The number of ether oxygens (including phenoxy) is 2. The van der Waals surface area contributed by atoms with Crippen LogP contribution in [0.25, 0.3) is 0 Å². The van der Waals surface area contributed by atoms with Gasteiger partial charge in [0.1, 0.15) is 11.6 Å². The van der Waals surface area contributed by atoms with Crippen molar-refractivity contribution in [3.63, 3.8) is 0 Å². The summed E-state index contributed by atoms with van der Waals surface area (Å²) in [4.78, 5) is 2.03. The molecule has 0 unspecified atom stereocenters. The van der Waals surface area contributed by atoms with E-state index in [4.69, 9.17) is 9.47 Å². The van der Waals surface area contributed by atoms with Gasteiger partial charge < -0.3 is 14.4 Å². The molecule has 0 aliphatic heterocycles. The summed E-state index contributed by atoms with van der Waals surface area (Å²) in [6.45, 7) is 6.43. The summed E-state index contributed by atoms with van der Waals surface area (Å²) in [6, 6.07) is 2.24. The van der Waals surface area contributed by atoms with Gasteiger partial charge in [-0.2, -0.15) is 10.4 Å². The standard InChI is InChI=1S/C14H22N4O2/c1-11-12(2)16-17-14(13(11)10-15)18(7-9-20-4)6-5-8-19-3/h5-9H2,1-4H3. The third-order valence-corrected chi connectivity index (χ3v) is 3.19. The highest BCUT2D eigenvalue weighted by Crippen LogP contribution is 2.21. The molecule has 0 N–H and O–H groups in total. The summed E-state index contributed by atoms with van der Waals surface area (Å²) in [5, 5.41) is 17.7. The van der Waals surface area contributed by atoms with Crippen molar-refractivity contribution in [2.45, 2.75) is 20.3 Å². The molecule has 0 saturated carbocycles. The van der Waals surface area contributed by atoms with Gasteiger partial charge in [-0.25, -0.2) is 0 Å². The number of aromatic nitrogens is 2. The molecule has 0 aromatic carbocycles. The zero-order valence-corrected chi connectivity index (χ0v) is 12.6. The molecule has 1 heterocycles. The van der Waals surface area contributed by atoms with Crippen molar-refractivity contribution in [2.75, 3.05) is 45.4 Å². The Morgan fingerprint density at radius 3 is 2.40 bits per heavy atom. The van der Waals surface area contributed by atoms with Crippen LogP contribution >= 0.6 is 0 Å². The Balaban J connectivity index is 3.00. The first-order valence-corrected chi connectivity index (χ1v) is 6.62. The fraction of sp³-hybridized carbons (Fsp3) is 0.643. The third kappa shape index (κ3) is 4.15. The highest BCUT2D eigenvalue weighted by atomic mass is 16.5. The molecule has 0 radical (unpaired) electrons. The average Bonchev–Trinajstić information content (AvgIpc) is 2.45. The summed E-state index contributed by atoms with van der Waals surface area (Å²) in [6.07, 6.45) is 0.861. The van der Waals surface area contributed by atoms with E-state index in [0.29, 0.717) is 31.1 Å². The van der Waals surface area contributed by atoms with E-state index in [0.717, 1.165) is 24.2 Å². The van der Waals surface area contributed by atoms with Gasteiger partial charge in [0.2, 0.25) is 0 Å². The smallest absolute Gasteiger partial charge is 0.169 e. The van der Waals surface area contributed by atoms with Crippen molar-refractivity contribution in [2.24, 2.45) is 0 Å². The van der Waals surface area contributed by atoms with Crippen molar-refractivity contribution in [1.29, 1.82) is 5.26 Å². The van der Waals surface area contributed by atoms with E-state index in [1.54, 1.807) is 14.2 Å². The predicted octanol–water partition coefficient (Wildman–Crippen LogP) is 1.45. The molecule has 0 spiro atoms. The maximum Gasteiger partial charge on any atom is 0.169 e. The molecule has 0 aliphatic rings. The average molecular weight is 278 g/mol. The van der Waals surface area contributed by atoms with Crippen LogP contribution in [0.3, 0.4) is 0 Å². The molecule has 1 aromatic rings. The molecule has 0 amide bonds. The number of anilines is 1. The van der Waals surface area contributed by atoms with Crippen LogP contribution in [-0.2, 0) is 9.47 Å². The highest BCUT2D eigenvalue weighted by molar-refractivity contribution is 5.57. The largest absolute Gasteiger partial charge is 0.385 e. The van der Waals surface area contributed by atoms with Crippen molar-refractivity contribution in [3.8, 4) is 6.07 Å². The van der Waals surface area contributed by atoms with Gasteiger partial charge in [-0.3, -0.25) is 0 Å². The molecule has 6 nitrogen and oxygen atoms in total. The minimum Gasteiger partial charge on any atom is -0.385 e. The van der Waals surface area contributed by atoms with Crippen LogP contribution in [0, 0.1) is 25.2 Å². The Morgan fingerprint density at radius 2 is 1.80 bits per heavy atom. The van der Waals surface area contributed by atoms with E-state index >= 15 is 0 Å². The van der Waals surface area contributed by atoms with Gasteiger partial charge in [0.05, 0.1) is 12.3 Å². The zero-order chi connectivity index (χ0) is 15.0. The second kappa shape index (κ2) is 8.46. The van der Waals surface area contributed by atoms with Crippen molar-refractivity contribution in [3.05, 3.63) is 16.8 Å². The lowest BCUT2D eigenvalue weighted by Crippen LogP contribution is -2.31. The van der Waals surface area contributed by atoms with E-state index < -0.39 is 0 Å². The van der Waals surface area contributed by atoms with Crippen molar-refractivity contribution < 1.29 is 9.47 Å². The summed E-state index contributed by atoms with van der Waals surface area (Å²) in [5.41, 5.74) is 2.26. The molecular weight excluding hydrogens is 256 g/mol. The minimum atomic E-state index is 0.576. The molecule has 1 aromatic heterocycles. The van der Waals surface area contributed by atoms with Gasteiger partial charge in [-0.1, -0.05) is 0 Å². The molecular formula is C14H22N4O2. The first kappa shape index (κ1) is 16.3. The Hall–Kier alpha value is -1.71. The number of rotatable bonds is 8. The SMILES string of the molecule is COCCCN(CCOC)c1nnc(C)c(C)c1C#N. The Labute approximate surface area is 120 Å². The van der Waals surface area contributed by atoms with Crippen LogP contribution in [0.15, 0.2) is 0 Å². The Morgan fingerprint density at radius 1 is 1.10 bits per heavy atom. The number of aryl methyl sites for hydroxylation is 1. The first-order valence-electron chi connectivity index (χ1n) is 6.62. The number of hydrogen-bond donors (Lipinski definition) is 0. The van der Waals surface area contributed by atoms with Crippen LogP contribution in [-0.4, -0.2) is 50.7 Å². The van der Waals surface area contributed by atoms with E-state index in [2.05, 4.69) is 16.3 Å². The zero-order valence-electron chi connectivity index (χ0n) is 12.6. The summed E-state index contributed by atoms with van der Waals surface area (Å²) < 4.78 is 10.2. The van der Waals surface area contributed by atoms with E-state index in [-0.39, 0.29) is 0 Å². The number of nitriles is 1. The fourth-order valence-electron chi connectivity index (χ4n) is 1.88. The summed E-state index contributed by atoms with van der Waals surface area (Å²) in [7, 11) is 3.33. The van der Waals surface area contributed by atoms with Crippen LogP contribution in [0.1, 0.15) is 23.2 Å². The van der Waals surface area contributed by atoms with Crippen molar-refractivity contribution >= 4 is 5.82 Å². The molecule has 20 heavy (non-hydrogen) atoms. The molecule has 1 rings (SSSR count). The number of hydrogen-bond acceptors (Lipinski definition) is 6. The first-order chi connectivity index (χ1) is 9.65. The quantitative estimate of drug-likeness (QED) is 0.670. The van der Waals surface area contributed by atoms with Gasteiger partial charge >= 0.3 is 0 Å². The molecule has 0 aliphatic carbocycles. The van der Waals surface area contributed by atoms with E-state index in [1.165, 1.54) is 0 Å². The normalized spacial score (nSPS) is 10.3. The van der Waals surface area contributed by atoms with Crippen LogP contribution in [0.5, 0.6) is 0 Å². The van der Waals surface area contributed by atoms with Crippen molar-refractivity contribution in [1.82, 2.24) is 10.2 Å². The molecule has 0 fully saturated rings. The van der Waals surface area contributed by atoms with Crippen LogP contribution in [0.4, 0.5) is 5.82 Å². The van der Waals surface area contributed by atoms with E-state index in [9.17, 15) is 5.26 Å². The van der Waals surface area contributed by atoms with Crippen LogP contribution < -0.4 is 4.90 Å². The molecule has 0 bridgehead atoms. The lowest BCUT2D eigenvalue weighted by molar-refractivity contribution is 0.191. The van der Waals surface area contributed by atoms with Gasteiger partial charge in [-0.15, -0.1) is 5.10 Å². The second-order valence-electron chi connectivity index (χ2n) is 4.55. The third-order valence-electron chi connectivity index (χ3n) is 3.19. The van der Waals surface area contributed by atoms with Gasteiger partial charge in [0.15, 0.2) is 5.82 Å². The molecule has 6 heteroatoms. The lowest BCUT2D eigenvalue weighted by Gasteiger charge is -2.24. The van der Waals surface area contributed by atoms with Crippen LogP contribution in [0.2, 0.25) is 0 Å². The fourth-order valence-corrected chi connectivity index (χ4v) is 1.88. The molecule has 0 atom stereocenters. The van der Waals surface area contributed by atoms with Gasteiger partial charge in [0, 0.05) is 33.9 Å². The maximum absolute atomic E-state index is 9.37. The highest BCUT2D eigenvalue weighted by Gasteiger charge is 2.17. The summed E-state index contributed by atoms with van der Waals surface area (Å²) >= 11 is 0. The monoisotopic (exact) mass is 278 g/mol. The topological polar surface area (TPSA) is 71.3 Å². The maximum atomic E-state index is 9.37. The van der Waals surface area contributed by atoms with Gasteiger partial charge in [0.25, 0.3) is 0 Å². The Bertz CT molecular complexity index is 471. The predicted molar refractivity (Wildman–Crippen MR) is 76.8 cm³/mol. The lowest BCUT2D eigenvalue weighted by atomic mass is 10.1. The molecule has 110 valence electrons. The minimum absolute atomic E-state index is 0.576. The number of methoxy groups -OCH3 is 2. The summed E-state index contributed by atoms with van der Waals surface area (Å²) in [5.74, 6) is 0.628. The molecule has 0 saturated heterocycles. The second-order valence-corrected chi connectivity index (χ2v) is 4.55. The van der Waals surface area contributed by atoms with Gasteiger partial charge in [-0.05, 0) is 25.8 Å².